The van der Waals surface area contributed by atoms with Crippen molar-refractivity contribution >= 4 is 8.07 Å². The molecule has 0 spiro atoms. The third kappa shape index (κ3) is 6.81. The van der Waals surface area contributed by atoms with Gasteiger partial charge in [-0.05, 0) is 56.7 Å². The van der Waals surface area contributed by atoms with Crippen LogP contribution in [0, 0.1) is 11.8 Å². The Bertz CT molecular complexity index is 545. The van der Waals surface area contributed by atoms with E-state index in [0.717, 1.165) is 31.4 Å². The van der Waals surface area contributed by atoms with Gasteiger partial charge in [-0.15, -0.1) is 0 Å². The molecular weight excluding hydrogens is 312 g/mol. The summed E-state index contributed by atoms with van der Waals surface area (Å²) in [5.74, 6) is 6.03. The van der Waals surface area contributed by atoms with E-state index in [-0.39, 0.29) is 5.60 Å². The lowest BCUT2D eigenvalue weighted by molar-refractivity contribution is -0.0726. The van der Waals surface area contributed by atoms with Crippen LogP contribution in [-0.2, 0) is 4.74 Å². The molecule has 2 nitrogen and oxygen atoms in total. The van der Waals surface area contributed by atoms with Crippen LogP contribution in [0.3, 0.4) is 0 Å². The summed E-state index contributed by atoms with van der Waals surface area (Å²) in [5.41, 5.74) is 1.03. The molecule has 1 aromatic carbocycles. The fourth-order valence-electron chi connectivity index (χ4n) is 3.68. The lowest BCUT2D eigenvalue weighted by Gasteiger charge is -2.41. The van der Waals surface area contributed by atoms with Crippen molar-refractivity contribution in [1.29, 1.82) is 0 Å². The molecule has 1 saturated heterocycles. The Hall–Kier alpha value is -1.08. The lowest BCUT2D eigenvalue weighted by Crippen LogP contribution is -2.43. The second-order valence-corrected chi connectivity index (χ2v) is 13.7. The zero-order valence-electron chi connectivity index (χ0n) is 15.5. The van der Waals surface area contributed by atoms with Crippen molar-refractivity contribution in [3.05, 3.63) is 35.9 Å². The Balaban J connectivity index is 1.85. The van der Waals surface area contributed by atoms with Gasteiger partial charge in [0.1, 0.15) is 6.10 Å². The van der Waals surface area contributed by atoms with Crippen molar-refractivity contribution in [3.8, 4) is 11.8 Å². The summed E-state index contributed by atoms with van der Waals surface area (Å²) in [7, 11) is -1.17. The number of benzene rings is 1. The molecule has 1 aliphatic heterocycles. The molecule has 2 rings (SSSR count). The predicted octanol–water partition coefficient (Wildman–Crippen LogP) is 4.85. The van der Waals surface area contributed by atoms with Crippen LogP contribution in [-0.4, -0.2) is 31.5 Å². The Kier molecular flexibility index (Phi) is 7.10. The van der Waals surface area contributed by atoms with Gasteiger partial charge in [0, 0.05) is 20.2 Å². The van der Waals surface area contributed by atoms with E-state index in [4.69, 9.17) is 4.74 Å². The van der Waals surface area contributed by atoms with Gasteiger partial charge in [0.05, 0.1) is 5.60 Å². The highest BCUT2D eigenvalue weighted by Crippen LogP contribution is 2.37. The van der Waals surface area contributed by atoms with E-state index in [1.54, 1.807) is 0 Å². The van der Waals surface area contributed by atoms with Crippen molar-refractivity contribution in [3.63, 3.8) is 0 Å². The van der Waals surface area contributed by atoms with Crippen molar-refractivity contribution < 1.29 is 9.84 Å². The topological polar surface area (TPSA) is 29.5 Å². The van der Waals surface area contributed by atoms with Gasteiger partial charge in [0.2, 0.25) is 0 Å². The van der Waals surface area contributed by atoms with Crippen molar-refractivity contribution in [2.75, 3.05) is 6.61 Å². The van der Waals surface area contributed by atoms with E-state index in [0.29, 0.717) is 0 Å². The zero-order chi connectivity index (χ0) is 17.5. The molecule has 1 fully saturated rings. The molecule has 0 aliphatic carbocycles. The highest BCUT2D eigenvalue weighted by molar-refractivity contribution is 6.76. The maximum atomic E-state index is 10.2. The first-order chi connectivity index (χ1) is 11.4. The van der Waals surface area contributed by atoms with Gasteiger partial charge < -0.3 is 9.84 Å². The molecule has 2 atom stereocenters. The number of aliphatic hydroxyl groups excluding tert-OH is 1. The van der Waals surface area contributed by atoms with E-state index in [1.165, 1.54) is 25.3 Å². The average molecular weight is 345 g/mol. The van der Waals surface area contributed by atoms with Gasteiger partial charge >= 0.3 is 0 Å². The quantitative estimate of drug-likeness (QED) is 0.590. The van der Waals surface area contributed by atoms with Crippen LogP contribution in [0.4, 0.5) is 0 Å². The second kappa shape index (κ2) is 8.85. The third-order valence-corrected chi connectivity index (χ3v) is 6.26. The van der Waals surface area contributed by atoms with Crippen LogP contribution in [0.15, 0.2) is 30.3 Å². The first-order valence-electron chi connectivity index (χ1n) is 9.27. The average Bonchev–Trinajstić information content (AvgIpc) is 2.53. The first-order valence-corrected chi connectivity index (χ1v) is 13.0. The van der Waals surface area contributed by atoms with Crippen LogP contribution in [0.1, 0.15) is 44.1 Å². The fourth-order valence-corrected chi connectivity index (χ4v) is 6.07. The van der Waals surface area contributed by atoms with E-state index in [9.17, 15) is 5.11 Å². The summed E-state index contributed by atoms with van der Waals surface area (Å²) in [6.45, 7) is 8.17. The Morgan fingerprint density at radius 3 is 2.58 bits per heavy atom. The van der Waals surface area contributed by atoms with Crippen LogP contribution in [0.5, 0.6) is 0 Å². The van der Waals surface area contributed by atoms with Gasteiger partial charge in [-0.2, -0.15) is 0 Å². The van der Waals surface area contributed by atoms with Crippen LogP contribution < -0.4 is 0 Å². The standard InChI is InChI=1S/C21H32O2Si/c1-24(2,3)18-21(15-7-8-17-23-21)16-9-12-20(22)14-13-19-10-5-4-6-11-19/h4-6,10-11,20,22H,7-9,12,15-18H2,1-3H3. The molecule has 0 aromatic heterocycles. The number of hydrogen-bond donors (Lipinski definition) is 1. The number of hydrogen-bond acceptors (Lipinski definition) is 2. The molecule has 1 aliphatic rings. The molecule has 1 heterocycles. The first kappa shape index (κ1) is 19.2. The van der Waals surface area contributed by atoms with Gasteiger partial charge in [-0.3, -0.25) is 0 Å². The molecule has 1 N–H and O–H groups in total. The van der Waals surface area contributed by atoms with Crippen molar-refractivity contribution in [2.24, 2.45) is 0 Å². The van der Waals surface area contributed by atoms with Crippen molar-refractivity contribution in [1.82, 2.24) is 0 Å². The normalized spacial score (nSPS) is 22.5. The van der Waals surface area contributed by atoms with Gasteiger partial charge in [0.15, 0.2) is 0 Å². The molecule has 0 amide bonds. The minimum atomic E-state index is -1.17. The molecule has 0 radical (unpaired) electrons. The van der Waals surface area contributed by atoms with Crippen LogP contribution in [0.25, 0.3) is 0 Å². The molecule has 3 heteroatoms. The van der Waals surface area contributed by atoms with Crippen molar-refractivity contribution in [2.45, 2.75) is 75.9 Å². The molecule has 132 valence electrons. The summed E-state index contributed by atoms with van der Waals surface area (Å²) >= 11 is 0. The summed E-state index contributed by atoms with van der Waals surface area (Å²) in [4.78, 5) is 0. The Morgan fingerprint density at radius 1 is 1.21 bits per heavy atom. The van der Waals surface area contributed by atoms with E-state index >= 15 is 0 Å². The molecule has 24 heavy (non-hydrogen) atoms. The molecule has 0 bridgehead atoms. The Labute approximate surface area is 148 Å². The van der Waals surface area contributed by atoms with E-state index in [2.05, 4.69) is 31.5 Å². The molecule has 2 unspecified atom stereocenters. The van der Waals surface area contributed by atoms with Crippen LogP contribution >= 0.6 is 0 Å². The van der Waals surface area contributed by atoms with Gasteiger partial charge in [-0.1, -0.05) is 49.7 Å². The van der Waals surface area contributed by atoms with E-state index in [1.807, 2.05) is 30.3 Å². The fraction of sp³-hybridized carbons (Fsp3) is 0.619. The monoisotopic (exact) mass is 344 g/mol. The summed E-state index contributed by atoms with van der Waals surface area (Å²) in [6, 6.07) is 11.1. The smallest absolute Gasteiger partial charge is 0.115 e. The number of rotatable bonds is 6. The molecule has 0 saturated carbocycles. The predicted molar refractivity (Wildman–Crippen MR) is 104 cm³/mol. The largest absolute Gasteiger partial charge is 0.380 e. The highest BCUT2D eigenvalue weighted by atomic mass is 28.3. The maximum Gasteiger partial charge on any atom is 0.115 e. The maximum absolute atomic E-state index is 10.2. The zero-order valence-corrected chi connectivity index (χ0v) is 16.5. The summed E-state index contributed by atoms with van der Waals surface area (Å²) in [6.07, 6.45) is 5.88. The van der Waals surface area contributed by atoms with Crippen LogP contribution in [0.2, 0.25) is 25.7 Å². The third-order valence-electron chi connectivity index (χ3n) is 4.55. The molecule has 1 aromatic rings. The Morgan fingerprint density at radius 2 is 1.96 bits per heavy atom. The lowest BCUT2D eigenvalue weighted by atomic mass is 9.89. The van der Waals surface area contributed by atoms with Gasteiger partial charge in [-0.25, -0.2) is 0 Å². The van der Waals surface area contributed by atoms with Gasteiger partial charge in [0.25, 0.3) is 0 Å². The number of ether oxygens (including phenoxy) is 1. The second-order valence-electron chi connectivity index (χ2n) is 8.27. The summed E-state index contributed by atoms with van der Waals surface area (Å²) in [5, 5.41) is 10.2. The SMILES string of the molecule is C[Si](C)(C)CC1(CCCC(O)C#Cc2ccccc2)CCCCO1. The summed E-state index contributed by atoms with van der Waals surface area (Å²) < 4.78 is 6.27. The number of aliphatic hydroxyl groups is 1. The van der Waals surface area contributed by atoms with E-state index < -0.39 is 14.2 Å². The molecular formula is C21H32O2Si. The minimum absolute atomic E-state index is 0.0648. The minimum Gasteiger partial charge on any atom is -0.380 e. The highest BCUT2D eigenvalue weighted by Gasteiger charge is 2.37.